The average molecular weight is 249 g/mol. The van der Waals surface area contributed by atoms with Crippen molar-refractivity contribution in [2.75, 3.05) is 36.4 Å². The molecule has 1 saturated heterocycles. The van der Waals surface area contributed by atoms with Crippen molar-refractivity contribution in [3.05, 3.63) is 12.3 Å². The molecule has 2 N–H and O–H groups in total. The standard InChI is InChI=1S/C12H19N5O/c1-2-5-14-12-15-6-3-10(16-12)17-8-4-11(18)13-7-9-17/h3,6H,2,4-5,7-9H2,1H3,(H,13,18)(H,14,15,16). The SMILES string of the molecule is CCCNc1nccc(N2CCNC(=O)CC2)n1. The van der Waals surface area contributed by atoms with E-state index >= 15 is 0 Å². The summed E-state index contributed by atoms with van der Waals surface area (Å²) in [5, 5.41) is 6.02. The monoisotopic (exact) mass is 249 g/mol. The summed E-state index contributed by atoms with van der Waals surface area (Å²) >= 11 is 0. The van der Waals surface area contributed by atoms with Crippen LogP contribution in [0.15, 0.2) is 12.3 Å². The van der Waals surface area contributed by atoms with Crippen LogP contribution in [0.2, 0.25) is 0 Å². The molecule has 2 heterocycles. The summed E-state index contributed by atoms with van der Waals surface area (Å²) in [5.41, 5.74) is 0. The van der Waals surface area contributed by atoms with Crippen molar-refractivity contribution in [2.24, 2.45) is 0 Å². The number of hydrogen-bond acceptors (Lipinski definition) is 5. The van der Waals surface area contributed by atoms with E-state index in [4.69, 9.17) is 0 Å². The molecular formula is C12H19N5O. The summed E-state index contributed by atoms with van der Waals surface area (Å²) in [7, 11) is 0. The molecule has 0 atom stereocenters. The number of amides is 1. The number of aromatic nitrogens is 2. The van der Waals surface area contributed by atoms with E-state index in [1.165, 1.54) is 0 Å². The van der Waals surface area contributed by atoms with E-state index in [2.05, 4.69) is 32.4 Å². The van der Waals surface area contributed by atoms with Crippen molar-refractivity contribution in [3.63, 3.8) is 0 Å². The van der Waals surface area contributed by atoms with Crippen molar-refractivity contribution in [1.29, 1.82) is 0 Å². The third-order valence-electron chi connectivity index (χ3n) is 2.81. The highest BCUT2D eigenvalue weighted by Crippen LogP contribution is 2.13. The molecule has 0 saturated carbocycles. The van der Waals surface area contributed by atoms with Gasteiger partial charge in [0.2, 0.25) is 11.9 Å². The molecule has 6 nitrogen and oxygen atoms in total. The van der Waals surface area contributed by atoms with Crippen LogP contribution in [-0.2, 0) is 4.79 Å². The summed E-state index contributed by atoms with van der Waals surface area (Å²) in [6.45, 7) is 5.12. The fraction of sp³-hybridized carbons (Fsp3) is 0.583. The Labute approximate surface area is 107 Å². The van der Waals surface area contributed by atoms with Gasteiger partial charge in [-0.15, -0.1) is 0 Å². The maximum atomic E-state index is 11.3. The van der Waals surface area contributed by atoms with E-state index in [9.17, 15) is 4.79 Å². The third kappa shape index (κ3) is 3.32. The van der Waals surface area contributed by atoms with E-state index < -0.39 is 0 Å². The molecule has 1 aromatic rings. The molecule has 0 aromatic carbocycles. The van der Waals surface area contributed by atoms with Crippen LogP contribution < -0.4 is 15.5 Å². The first-order valence-electron chi connectivity index (χ1n) is 6.38. The minimum Gasteiger partial charge on any atom is -0.354 e. The van der Waals surface area contributed by atoms with Crippen molar-refractivity contribution < 1.29 is 4.79 Å². The molecule has 0 unspecified atom stereocenters. The highest BCUT2D eigenvalue weighted by molar-refractivity contribution is 5.77. The Hall–Kier alpha value is -1.85. The first-order valence-corrected chi connectivity index (χ1v) is 6.38. The van der Waals surface area contributed by atoms with E-state index in [0.717, 1.165) is 25.3 Å². The van der Waals surface area contributed by atoms with Gasteiger partial charge in [0.1, 0.15) is 5.82 Å². The Balaban J connectivity index is 2.04. The van der Waals surface area contributed by atoms with Crippen LogP contribution in [0.1, 0.15) is 19.8 Å². The Morgan fingerprint density at radius 3 is 3.22 bits per heavy atom. The lowest BCUT2D eigenvalue weighted by Crippen LogP contribution is -2.29. The lowest BCUT2D eigenvalue weighted by Gasteiger charge is -2.20. The molecule has 2 rings (SSSR count). The number of nitrogens with one attached hydrogen (secondary N) is 2. The maximum Gasteiger partial charge on any atom is 0.224 e. The van der Waals surface area contributed by atoms with Crippen LogP contribution >= 0.6 is 0 Å². The second-order valence-electron chi connectivity index (χ2n) is 4.25. The number of rotatable bonds is 4. The lowest BCUT2D eigenvalue weighted by atomic mass is 10.3. The second-order valence-corrected chi connectivity index (χ2v) is 4.25. The first-order chi connectivity index (χ1) is 8.79. The first kappa shape index (κ1) is 12.6. The van der Waals surface area contributed by atoms with Crippen LogP contribution in [0.3, 0.4) is 0 Å². The Kier molecular flexibility index (Phi) is 4.33. The average Bonchev–Trinajstić information content (AvgIpc) is 2.61. The fourth-order valence-corrected chi connectivity index (χ4v) is 1.84. The van der Waals surface area contributed by atoms with Gasteiger partial charge in [0.25, 0.3) is 0 Å². The van der Waals surface area contributed by atoms with Gasteiger partial charge in [0, 0.05) is 38.8 Å². The summed E-state index contributed by atoms with van der Waals surface area (Å²) in [5.74, 6) is 1.63. The van der Waals surface area contributed by atoms with Crippen LogP contribution in [0.5, 0.6) is 0 Å². The van der Waals surface area contributed by atoms with Crippen LogP contribution in [-0.4, -0.2) is 42.1 Å². The van der Waals surface area contributed by atoms with Crippen molar-refractivity contribution in [2.45, 2.75) is 19.8 Å². The minimum atomic E-state index is 0.107. The van der Waals surface area contributed by atoms with Gasteiger partial charge < -0.3 is 15.5 Å². The molecule has 1 fully saturated rings. The molecule has 18 heavy (non-hydrogen) atoms. The summed E-state index contributed by atoms with van der Waals surface area (Å²) in [4.78, 5) is 22.0. The highest BCUT2D eigenvalue weighted by Gasteiger charge is 2.15. The van der Waals surface area contributed by atoms with Gasteiger partial charge in [-0.2, -0.15) is 4.98 Å². The van der Waals surface area contributed by atoms with Gasteiger partial charge >= 0.3 is 0 Å². The molecule has 0 bridgehead atoms. The molecule has 1 aliphatic rings. The molecule has 0 radical (unpaired) electrons. The second kappa shape index (κ2) is 6.18. The number of hydrogen-bond donors (Lipinski definition) is 2. The Bertz CT molecular complexity index is 409. The molecule has 0 spiro atoms. The molecule has 98 valence electrons. The summed E-state index contributed by atoms with van der Waals surface area (Å²) in [6, 6.07) is 1.88. The number of carbonyl (C=O) groups is 1. The number of carbonyl (C=O) groups excluding carboxylic acids is 1. The molecule has 6 heteroatoms. The van der Waals surface area contributed by atoms with Gasteiger partial charge in [-0.25, -0.2) is 4.98 Å². The zero-order valence-corrected chi connectivity index (χ0v) is 10.6. The van der Waals surface area contributed by atoms with Crippen LogP contribution in [0.25, 0.3) is 0 Å². The topological polar surface area (TPSA) is 70.2 Å². The predicted molar refractivity (Wildman–Crippen MR) is 70.7 cm³/mol. The van der Waals surface area contributed by atoms with Gasteiger partial charge in [-0.05, 0) is 12.5 Å². The molecular weight excluding hydrogens is 230 g/mol. The van der Waals surface area contributed by atoms with Gasteiger partial charge in [-0.1, -0.05) is 6.92 Å². The van der Waals surface area contributed by atoms with E-state index in [1.807, 2.05) is 6.07 Å². The normalized spacial score (nSPS) is 16.1. The zero-order valence-electron chi connectivity index (χ0n) is 10.6. The lowest BCUT2D eigenvalue weighted by molar-refractivity contribution is -0.120. The maximum absolute atomic E-state index is 11.3. The van der Waals surface area contributed by atoms with Crippen LogP contribution in [0.4, 0.5) is 11.8 Å². The Morgan fingerprint density at radius 1 is 1.50 bits per heavy atom. The summed E-state index contributed by atoms with van der Waals surface area (Å²) < 4.78 is 0. The molecule has 0 aliphatic carbocycles. The predicted octanol–water partition coefficient (Wildman–Crippen LogP) is 0.625. The molecule has 1 aromatic heterocycles. The number of anilines is 2. The quantitative estimate of drug-likeness (QED) is 0.819. The molecule has 1 aliphatic heterocycles. The van der Waals surface area contributed by atoms with E-state index in [0.29, 0.717) is 25.5 Å². The number of nitrogens with zero attached hydrogens (tertiary/aromatic N) is 3. The molecule has 1 amide bonds. The highest BCUT2D eigenvalue weighted by atomic mass is 16.1. The largest absolute Gasteiger partial charge is 0.354 e. The fourth-order valence-electron chi connectivity index (χ4n) is 1.84. The van der Waals surface area contributed by atoms with Crippen LogP contribution in [0, 0.1) is 0 Å². The van der Waals surface area contributed by atoms with Gasteiger partial charge in [0.15, 0.2) is 0 Å². The van der Waals surface area contributed by atoms with Crippen molar-refractivity contribution in [1.82, 2.24) is 15.3 Å². The smallest absolute Gasteiger partial charge is 0.224 e. The third-order valence-corrected chi connectivity index (χ3v) is 2.81. The van der Waals surface area contributed by atoms with Gasteiger partial charge in [-0.3, -0.25) is 4.79 Å². The van der Waals surface area contributed by atoms with Crippen molar-refractivity contribution >= 4 is 17.7 Å². The van der Waals surface area contributed by atoms with Gasteiger partial charge in [0.05, 0.1) is 0 Å². The summed E-state index contributed by atoms with van der Waals surface area (Å²) in [6.07, 6.45) is 3.30. The Morgan fingerprint density at radius 2 is 2.39 bits per heavy atom. The minimum absolute atomic E-state index is 0.107. The van der Waals surface area contributed by atoms with Crippen molar-refractivity contribution in [3.8, 4) is 0 Å². The van der Waals surface area contributed by atoms with E-state index in [-0.39, 0.29) is 5.91 Å². The zero-order chi connectivity index (χ0) is 12.8. The van der Waals surface area contributed by atoms with E-state index in [1.54, 1.807) is 6.20 Å².